The van der Waals surface area contributed by atoms with Gasteiger partial charge in [-0.05, 0) is 31.7 Å². The predicted octanol–water partition coefficient (Wildman–Crippen LogP) is 5.64. The lowest BCUT2D eigenvalue weighted by Gasteiger charge is -2.53. The molecule has 30 heavy (non-hydrogen) atoms. The molecule has 2 aliphatic carbocycles. The van der Waals surface area contributed by atoms with Crippen LogP contribution in [0.4, 0.5) is 16.2 Å². The normalized spacial score (nSPS) is 19.0. The molecule has 2 fully saturated rings. The summed E-state index contributed by atoms with van der Waals surface area (Å²) in [5.74, 6) is 0. The van der Waals surface area contributed by atoms with Crippen molar-refractivity contribution in [1.29, 1.82) is 0 Å². The average molecular weight is 418 g/mol. The quantitative estimate of drug-likeness (QED) is 0.351. The number of nitrogens with one attached hydrogen (secondary N) is 1. The molecule has 1 amide bonds. The van der Waals surface area contributed by atoms with Gasteiger partial charge in [-0.25, -0.2) is 4.79 Å². The molecule has 1 aromatic rings. The molecule has 0 bridgehead atoms. The van der Waals surface area contributed by atoms with E-state index in [1.807, 2.05) is 0 Å². The van der Waals surface area contributed by atoms with Crippen LogP contribution < -0.4 is 5.32 Å². The molecule has 1 aromatic carbocycles. The first-order valence-electron chi connectivity index (χ1n) is 10.9. The maximum absolute atomic E-state index is 13.9. The van der Waals surface area contributed by atoms with Gasteiger partial charge in [0.15, 0.2) is 0 Å². The Bertz CT molecular complexity index is 737. The lowest BCUT2D eigenvalue weighted by Crippen LogP contribution is -2.54. The van der Waals surface area contributed by atoms with Gasteiger partial charge in [0.05, 0.1) is 23.2 Å². The van der Waals surface area contributed by atoms with Crippen molar-refractivity contribution in [2.45, 2.75) is 76.3 Å². The molecule has 2 aliphatic rings. The van der Waals surface area contributed by atoms with Crippen molar-refractivity contribution in [1.82, 2.24) is 0 Å². The smallest absolute Gasteiger partial charge is 0.412 e. The number of rotatable bonds is 7. The molecule has 3 rings (SSSR count). The summed E-state index contributed by atoms with van der Waals surface area (Å²) in [5.41, 5.74) is -0.121. The number of carbonyl (C=O) groups excluding carboxylic acids is 1. The Morgan fingerprint density at radius 3 is 2.20 bits per heavy atom. The number of carbonyl (C=O) groups is 1. The SMILES string of the molecule is O=C(Nc1ccccc1[N+](=O)[O-])OCC=C[N+]([O-])(C1CCCCC1)C1CCCCC1. The van der Waals surface area contributed by atoms with Crippen LogP contribution in [0.5, 0.6) is 0 Å². The molecule has 0 saturated heterocycles. The molecule has 0 aromatic heterocycles. The molecule has 0 radical (unpaired) electrons. The van der Waals surface area contributed by atoms with Gasteiger partial charge in [0.25, 0.3) is 5.69 Å². The van der Waals surface area contributed by atoms with Crippen LogP contribution in [0.3, 0.4) is 0 Å². The van der Waals surface area contributed by atoms with Crippen LogP contribution in [-0.2, 0) is 4.74 Å². The topological polar surface area (TPSA) is 105 Å². The van der Waals surface area contributed by atoms with Crippen LogP contribution >= 0.6 is 0 Å². The van der Waals surface area contributed by atoms with E-state index >= 15 is 0 Å². The zero-order valence-electron chi connectivity index (χ0n) is 17.3. The Hall–Kier alpha value is -2.45. The van der Waals surface area contributed by atoms with E-state index in [0.29, 0.717) is 0 Å². The Balaban J connectivity index is 1.59. The van der Waals surface area contributed by atoms with Gasteiger partial charge in [-0.2, -0.15) is 0 Å². The fourth-order valence-corrected chi connectivity index (χ4v) is 4.73. The first-order valence-corrected chi connectivity index (χ1v) is 10.9. The minimum absolute atomic E-state index is 0.0475. The molecular weight excluding hydrogens is 386 g/mol. The van der Waals surface area contributed by atoms with E-state index in [-0.39, 0.29) is 34.7 Å². The molecule has 0 spiro atoms. The van der Waals surface area contributed by atoms with Crippen molar-refractivity contribution in [2.24, 2.45) is 0 Å². The highest BCUT2D eigenvalue weighted by atomic mass is 16.6. The zero-order chi connectivity index (χ0) is 21.4. The van der Waals surface area contributed by atoms with Crippen LogP contribution in [0.1, 0.15) is 64.2 Å². The second kappa shape index (κ2) is 10.5. The number of anilines is 1. The number of hydrogen-bond donors (Lipinski definition) is 1. The highest BCUT2D eigenvalue weighted by Crippen LogP contribution is 2.36. The number of para-hydroxylation sites is 2. The van der Waals surface area contributed by atoms with E-state index in [1.165, 1.54) is 31.0 Å². The third-order valence-electron chi connectivity index (χ3n) is 6.28. The van der Waals surface area contributed by atoms with Crippen molar-refractivity contribution in [2.75, 3.05) is 11.9 Å². The lowest BCUT2D eigenvalue weighted by molar-refractivity contribution is -0.884. The summed E-state index contributed by atoms with van der Waals surface area (Å²) in [6.07, 6.45) is 13.1. The van der Waals surface area contributed by atoms with Crippen LogP contribution in [0.15, 0.2) is 36.5 Å². The molecule has 0 unspecified atom stereocenters. The fourth-order valence-electron chi connectivity index (χ4n) is 4.73. The van der Waals surface area contributed by atoms with Gasteiger partial charge >= 0.3 is 6.09 Å². The summed E-state index contributed by atoms with van der Waals surface area (Å²) in [4.78, 5) is 22.5. The Morgan fingerprint density at radius 2 is 1.63 bits per heavy atom. The van der Waals surface area contributed by atoms with E-state index in [2.05, 4.69) is 5.32 Å². The summed E-state index contributed by atoms with van der Waals surface area (Å²) < 4.78 is 4.83. The van der Waals surface area contributed by atoms with Crippen molar-refractivity contribution in [3.63, 3.8) is 0 Å². The van der Waals surface area contributed by atoms with Crippen molar-refractivity contribution in [3.05, 3.63) is 51.9 Å². The molecule has 0 aliphatic heterocycles. The summed E-state index contributed by atoms with van der Waals surface area (Å²) in [5, 5.41) is 27.3. The number of hydroxylamine groups is 3. The highest BCUT2D eigenvalue weighted by molar-refractivity contribution is 5.87. The maximum atomic E-state index is 13.9. The first-order chi connectivity index (χ1) is 14.5. The number of ether oxygens (including phenoxy) is 1. The van der Waals surface area contributed by atoms with Gasteiger partial charge in [-0.15, -0.1) is 0 Å². The molecule has 2 saturated carbocycles. The predicted molar refractivity (Wildman–Crippen MR) is 115 cm³/mol. The standard InChI is InChI=1S/C22H31N3O5/c26-22(23-20-14-7-8-15-21(20)24(27)28)30-17-9-16-25(29,18-10-3-1-4-11-18)19-12-5-2-6-13-19/h7-9,14-16,18-19H,1-6,10-13,17H2,(H,23,26). The second-order valence-corrected chi connectivity index (χ2v) is 8.23. The van der Waals surface area contributed by atoms with Crippen LogP contribution in [0.25, 0.3) is 0 Å². The van der Waals surface area contributed by atoms with Gasteiger partial charge < -0.3 is 14.6 Å². The Kier molecular flexibility index (Phi) is 7.81. The molecule has 0 heterocycles. The molecule has 8 nitrogen and oxygen atoms in total. The van der Waals surface area contributed by atoms with Crippen LogP contribution in [-0.4, -0.2) is 34.4 Å². The third kappa shape index (κ3) is 5.58. The molecule has 8 heteroatoms. The minimum atomic E-state index is -0.784. The lowest BCUT2D eigenvalue weighted by atomic mass is 9.88. The van der Waals surface area contributed by atoms with Crippen molar-refractivity contribution in [3.8, 4) is 0 Å². The van der Waals surface area contributed by atoms with Gasteiger partial charge in [0.1, 0.15) is 12.3 Å². The maximum Gasteiger partial charge on any atom is 0.412 e. The largest absolute Gasteiger partial charge is 0.627 e. The monoisotopic (exact) mass is 417 g/mol. The number of benzene rings is 1. The van der Waals surface area contributed by atoms with Gasteiger partial charge in [-0.3, -0.25) is 15.4 Å². The van der Waals surface area contributed by atoms with Crippen molar-refractivity contribution >= 4 is 17.5 Å². The van der Waals surface area contributed by atoms with Gasteiger partial charge in [0, 0.05) is 37.8 Å². The first kappa shape index (κ1) is 22.2. The summed E-state index contributed by atoms with van der Waals surface area (Å²) in [6, 6.07) is 6.05. The molecule has 1 N–H and O–H groups in total. The van der Waals surface area contributed by atoms with E-state index < -0.39 is 11.0 Å². The molecular formula is C22H31N3O5. The fraction of sp³-hybridized carbons (Fsp3) is 0.591. The van der Waals surface area contributed by atoms with Gasteiger partial charge in [0.2, 0.25) is 0 Å². The Labute approximate surface area is 177 Å². The number of quaternary nitrogens is 1. The van der Waals surface area contributed by atoms with E-state index in [9.17, 15) is 20.1 Å². The number of amides is 1. The molecule has 164 valence electrons. The van der Waals surface area contributed by atoms with Crippen LogP contribution in [0, 0.1) is 15.3 Å². The zero-order valence-corrected chi connectivity index (χ0v) is 17.3. The summed E-state index contributed by atoms with van der Waals surface area (Å²) in [6.45, 7) is -0.0475. The van der Waals surface area contributed by atoms with Crippen LogP contribution in [0.2, 0.25) is 0 Å². The van der Waals surface area contributed by atoms with E-state index in [4.69, 9.17) is 4.74 Å². The summed E-state index contributed by atoms with van der Waals surface area (Å²) >= 11 is 0. The molecule has 0 atom stereocenters. The minimum Gasteiger partial charge on any atom is -0.627 e. The highest BCUT2D eigenvalue weighted by Gasteiger charge is 2.36. The average Bonchev–Trinajstić information content (AvgIpc) is 2.78. The Morgan fingerprint density at radius 1 is 1.07 bits per heavy atom. The number of nitro benzene ring substituents is 1. The number of hydrogen-bond acceptors (Lipinski definition) is 5. The number of nitro groups is 1. The number of nitrogens with zero attached hydrogens (tertiary/aromatic N) is 2. The third-order valence-corrected chi connectivity index (χ3v) is 6.28. The van der Waals surface area contributed by atoms with Crippen molar-refractivity contribution < 1.29 is 19.1 Å². The van der Waals surface area contributed by atoms with Gasteiger partial charge in [-0.1, -0.05) is 25.0 Å². The summed E-state index contributed by atoms with van der Waals surface area (Å²) in [7, 11) is 0. The van der Waals surface area contributed by atoms with E-state index in [0.717, 1.165) is 51.4 Å². The second-order valence-electron chi connectivity index (χ2n) is 8.23. The van der Waals surface area contributed by atoms with E-state index in [1.54, 1.807) is 18.3 Å².